The second-order valence-electron chi connectivity index (χ2n) is 10.1. The number of fused-ring (bicyclic) bond motifs is 6. The second kappa shape index (κ2) is 9.68. The molecule has 4 aromatic carbocycles. The highest BCUT2D eigenvalue weighted by Gasteiger charge is 2.18. The minimum atomic E-state index is -0.0490. The lowest BCUT2D eigenvalue weighted by Crippen LogP contribution is -2.01. The van der Waals surface area contributed by atoms with Crippen molar-refractivity contribution in [2.45, 2.75) is 40.8 Å². The Balaban J connectivity index is 1.52. The standard InChI is InChI=1S/C33H30N4O3/c1-5-36-29-11-7-21(19(3)34-39)15-25(29)27-17-23(9-13-31(27)36)33(38)24-10-14-32-28(18-24)26-16-22(20(4)35-40)8-12-30(26)37(32)6-2/h7-18,39-40H,5-6H2,1-4H3. The maximum absolute atomic E-state index is 13.9. The average molecular weight is 531 g/mol. The van der Waals surface area contributed by atoms with E-state index >= 15 is 0 Å². The topological polar surface area (TPSA) is 92.1 Å². The van der Waals surface area contributed by atoms with Crippen molar-refractivity contribution in [1.82, 2.24) is 9.13 Å². The smallest absolute Gasteiger partial charge is 0.193 e. The van der Waals surface area contributed by atoms with Crippen molar-refractivity contribution in [2.24, 2.45) is 10.3 Å². The molecule has 0 amide bonds. The molecule has 0 aliphatic carbocycles. The van der Waals surface area contributed by atoms with Crippen LogP contribution in [-0.2, 0) is 13.1 Å². The predicted molar refractivity (Wildman–Crippen MR) is 162 cm³/mol. The first-order chi connectivity index (χ1) is 19.4. The third kappa shape index (κ3) is 3.77. The Kier molecular flexibility index (Phi) is 6.14. The van der Waals surface area contributed by atoms with Gasteiger partial charge in [-0.25, -0.2) is 0 Å². The molecule has 6 aromatic rings. The van der Waals surface area contributed by atoms with Crippen LogP contribution in [0, 0.1) is 0 Å². The molecular weight excluding hydrogens is 500 g/mol. The quantitative estimate of drug-likeness (QED) is 0.101. The molecule has 0 saturated carbocycles. The van der Waals surface area contributed by atoms with Crippen molar-refractivity contribution in [3.05, 3.63) is 95.1 Å². The molecule has 0 spiro atoms. The number of nitrogens with zero attached hydrogens (tertiary/aromatic N) is 4. The van der Waals surface area contributed by atoms with E-state index in [-0.39, 0.29) is 5.78 Å². The normalized spacial score (nSPS) is 12.8. The largest absolute Gasteiger partial charge is 0.411 e. The molecule has 2 N–H and O–H groups in total. The van der Waals surface area contributed by atoms with Crippen LogP contribution in [0.1, 0.15) is 54.7 Å². The minimum absolute atomic E-state index is 0.0490. The van der Waals surface area contributed by atoms with Gasteiger partial charge < -0.3 is 19.5 Å². The van der Waals surface area contributed by atoms with Crippen LogP contribution in [-0.4, -0.2) is 36.8 Å². The molecule has 0 radical (unpaired) electrons. The van der Waals surface area contributed by atoms with Gasteiger partial charge in [0.25, 0.3) is 0 Å². The molecule has 200 valence electrons. The number of carbonyl (C=O) groups excluding carboxylic acids is 1. The molecular formula is C33H30N4O3. The maximum atomic E-state index is 13.9. The summed E-state index contributed by atoms with van der Waals surface area (Å²) in [7, 11) is 0. The Morgan fingerprint density at radius 1 is 0.575 bits per heavy atom. The lowest BCUT2D eigenvalue weighted by molar-refractivity contribution is 0.103. The molecule has 2 heterocycles. The van der Waals surface area contributed by atoms with Gasteiger partial charge in [0, 0.05) is 67.8 Å². The van der Waals surface area contributed by atoms with Crippen LogP contribution in [0.4, 0.5) is 0 Å². The molecule has 2 aromatic heterocycles. The zero-order chi connectivity index (χ0) is 28.1. The van der Waals surface area contributed by atoms with Crippen molar-refractivity contribution in [3.8, 4) is 0 Å². The fourth-order valence-corrected chi connectivity index (χ4v) is 5.90. The summed E-state index contributed by atoms with van der Waals surface area (Å²) in [6, 6.07) is 23.8. The third-order valence-corrected chi connectivity index (χ3v) is 8.02. The minimum Gasteiger partial charge on any atom is -0.411 e. The van der Waals surface area contributed by atoms with Gasteiger partial charge in [-0.15, -0.1) is 0 Å². The molecule has 40 heavy (non-hydrogen) atoms. The van der Waals surface area contributed by atoms with E-state index in [0.717, 1.165) is 67.8 Å². The van der Waals surface area contributed by atoms with Gasteiger partial charge in [0.05, 0.1) is 11.4 Å². The summed E-state index contributed by atoms with van der Waals surface area (Å²) < 4.78 is 4.46. The van der Waals surface area contributed by atoms with Crippen molar-refractivity contribution < 1.29 is 15.2 Å². The van der Waals surface area contributed by atoms with E-state index in [0.29, 0.717) is 22.6 Å². The number of hydrogen-bond donors (Lipinski definition) is 2. The monoisotopic (exact) mass is 530 g/mol. The summed E-state index contributed by atoms with van der Waals surface area (Å²) in [6.07, 6.45) is 0. The first-order valence-corrected chi connectivity index (χ1v) is 13.4. The van der Waals surface area contributed by atoms with Gasteiger partial charge in [0.15, 0.2) is 5.78 Å². The summed E-state index contributed by atoms with van der Waals surface area (Å²) in [5, 5.41) is 29.3. The Morgan fingerprint density at radius 3 is 1.18 bits per heavy atom. The lowest BCUT2D eigenvalue weighted by atomic mass is 9.98. The third-order valence-electron chi connectivity index (χ3n) is 8.02. The van der Waals surface area contributed by atoms with Crippen molar-refractivity contribution in [3.63, 3.8) is 0 Å². The fraction of sp³-hybridized carbons (Fsp3) is 0.182. The van der Waals surface area contributed by atoms with Gasteiger partial charge in [-0.2, -0.15) is 0 Å². The summed E-state index contributed by atoms with van der Waals surface area (Å²) in [5.41, 5.74) is 8.22. The zero-order valence-corrected chi connectivity index (χ0v) is 22.9. The Hall–Kier alpha value is -4.91. The van der Waals surface area contributed by atoms with Crippen LogP contribution < -0.4 is 0 Å². The Labute approximate surface area is 231 Å². The van der Waals surface area contributed by atoms with E-state index < -0.39 is 0 Å². The number of aromatic nitrogens is 2. The van der Waals surface area contributed by atoms with Gasteiger partial charge >= 0.3 is 0 Å². The molecule has 0 aliphatic heterocycles. The summed E-state index contributed by atoms with van der Waals surface area (Å²) in [5.74, 6) is -0.0490. The fourth-order valence-electron chi connectivity index (χ4n) is 5.90. The lowest BCUT2D eigenvalue weighted by Gasteiger charge is -2.06. The Bertz CT molecular complexity index is 1900. The van der Waals surface area contributed by atoms with Crippen LogP contribution >= 0.6 is 0 Å². The van der Waals surface area contributed by atoms with Crippen molar-refractivity contribution in [1.29, 1.82) is 0 Å². The summed E-state index contributed by atoms with van der Waals surface area (Å²) >= 11 is 0. The second-order valence-corrected chi connectivity index (χ2v) is 10.1. The van der Waals surface area contributed by atoms with Gasteiger partial charge in [-0.3, -0.25) is 4.79 Å². The molecule has 0 unspecified atom stereocenters. The van der Waals surface area contributed by atoms with Gasteiger partial charge in [0.2, 0.25) is 0 Å². The summed E-state index contributed by atoms with van der Waals surface area (Å²) in [6.45, 7) is 9.32. The van der Waals surface area contributed by atoms with Gasteiger partial charge in [-0.1, -0.05) is 22.4 Å². The first-order valence-electron chi connectivity index (χ1n) is 13.4. The number of rotatable bonds is 6. The number of aryl methyl sites for hydroxylation is 2. The number of carbonyl (C=O) groups is 1. The van der Waals surface area contributed by atoms with Crippen LogP contribution in [0.25, 0.3) is 43.6 Å². The van der Waals surface area contributed by atoms with Crippen LogP contribution in [0.5, 0.6) is 0 Å². The van der Waals surface area contributed by atoms with Gasteiger partial charge in [0.1, 0.15) is 0 Å². The van der Waals surface area contributed by atoms with Crippen molar-refractivity contribution in [2.75, 3.05) is 0 Å². The molecule has 7 nitrogen and oxygen atoms in total. The SMILES string of the molecule is CCn1c2ccc(C(=O)c3ccc4c(c3)c3cc(C(C)=NO)ccc3n4CC)cc2c2cc(C(C)=NO)ccc21. The Morgan fingerprint density at radius 2 is 0.875 bits per heavy atom. The van der Waals surface area contributed by atoms with Crippen LogP contribution in [0.15, 0.2) is 83.1 Å². The number of hydrogen-bond acceptors (Lipinski definition) is 5. The molecule has 0 saturated heterocycles. The highest BCUT2D eigenvalue weighted by molar-refractivity contribution is 6.18. The highest BCUT2D eigenvalue weighted by atomic mass is 16.4. The van der Waals surface area contributed by atoms with Crippen LogP contribution in [0.2, 0.25) is 0 Å². The molecule has 6 rings (SSSR count). The molecule has 0 bridgehead atoms. The van der Waals surface area contributed by atoms with E-state index in [2.05, 4.69) is 33.3 Å². The van der Waals surface area contributed by atoms with E-state index in [1.54, 1.807) is 13.8 Å². The zero-order valence-electron chi connectivity index (χ0n) is 22.9. The van der Waals surface area contributed by atoms with Crippen molar-refractivity contribution >= 4 is 60.8 Å². The number of benzene rings is 4. The molecule has 0 fully saturated rings. The van der Waals surface area contributed by atoms with Gasteiger partial charge in [-0.05, 0) is 99.5 Å². The van der Waals surface area contributed by atoms with E-state index in [9.17, 15) is 15.2 Å². The highest BCUT2D eigenvalue weighted by Crippen LogP contribution is 2.34. The number of oxime groups is 2. The van der Waals surface area contributed by atoms with E-state index in [1.807, 2.05) is 72.8 Å². The summed E-state index contributed by atoms with van der Waals surface area (Å²) in [4.78, 5) is 13.9. The molecule has 7 heteroatoms. The first kappa shape index (κ1) is 25.4. The van der Waals surface area contributed by atoms with E-state index in [4.69, 9.17) is 0 Å². The average Bonchev–Trinajstić information content (AvgIpc) is 3.49. The molecule has 0 atom stereocenters. The predicted octanol–water partition coefficient (Wildman–Crippen LogP) is 7.57. The van der Waals surface area contributed by atoms with Crippen LogP contribution in [0.3, 0.4) is 0 Å². The molecule has 0 aliphatic rings. The number of ketones is 1. The maximum Gasteiger partial charge on any atom is 0.193 e. The van der Waals surface area contributed by atoms with E-state index in [1.165, 1.54) is 0 Å².